The molecule has 0 atom stereocenters. The highest BCUT2D eigenvalue weighted by Crippen LogP contribution is 2.32. The maximum Gasteiger partial charge on any atom is 0.260 e. The SMILES string of the molecule is CCOc1ccc2nc(N(CCN(C)C)C(=O)c3ccc4nccnc4c3)sc2c1. The lowest BCUT2D eigenvalue weighted by Gasteiger charge is -2.22. The molecule has 0 saturated heterocycles. The predicted molar refractivity (Wildman–Crippen MR) is 121 cm³/mol. The maximum absolute atomic E-state index is 13.4. The second-order valence-corrected chi connectivity index (χ2v) is 8.09. The standard InChI is InChI=1S/C22H23N5O2S/c1-4-29-16-6-8-18-20(14-16)30-22(25-18)27(12-11-26(2)3)21(28)15-5-7-17-19(13-15)24-10-9-23-17/h5-10,13-14H,4,11-12H2,1-3H3. The molecule has 154 valence electrons. The summed E-state index contributed by atoms with van der Waals surface area (Å²) in [6.07, 6.45) is 3.27. The number of thiazole rings is 1. The minimum absolute atomic E-state index is 0.103. The molecule has 7 nitrogen and oxygen atoms in total. The van der Waals surface area contributed by atoms with E-state index in [0.29, 0.717) is 29.4 Å². The van der Waals surface area contributed by atoms with Gasteiger partial charge in [-0.3, -0.25) is 19.7 Å². The Labute approximate surface area is 179 Å². The third kappa shape index (κ3) is 4.24. The summed E-state index contributed by atoms with van der Waals surface area (Å²) in [4.78, 5) is 30.6. The van der Waals surface area contributed by atoms with Crippen LogP contribution in [0.5, 0.6) is 5.75 Å². The Bertz CT molecular complexity index is 1190. The Morgan fingerprint density at radius 1 is 1.00 bits per heavy atom. The molecule has 1 amide bonds. The van der Waals surface area contributed by atoms with Gasteiger partial charge in [-0.1, -0.05) is 11.3 Å². The zero-order valence-corrected chi connectivity index (χ0v) is 18.0. The van der Waals surface area contributed by atoms with E-state index in [9.17, 15) is 4.79 Å². The van der Waals surface area contributed by atoms with Crippen molar-refractivity contribution in [3.8, 4) is 5.75 Å². The summed E-state index contributed by atoms with van der Waals surface area (Å²) >= 11 is 1.49. The number of amides is 1. The van der Waals surface area contributed by atoms with Gasteiger partial charge >= 0.3 is 0 Å². The van der Waals surface area contributed by atoms with Gasteiger partial charge in [-0.15, -0.1) is 0 Å². The van der Waals surface area contributed by atoms with Crippen molar-refractivity contribution in [1.29, 1.82) is 0 Å². The number of hydrogen-bond donors (Lipinski definition) is 0. The molecule has 0 bridgehead atoms. The molecule has 0 aliphatic heterocycles. The summed E-state index contributed by atoms with van der Waals surface area (Å²) in [5, 5.41) is 0.671. The van der Waals surface area contributed by atoms with Crippen LogP contribution in [-0.4, -0.2) is 59.6 Å². The molecule has 30 heavy (non-hydrogen) atoms. The van der Waals surface area contributed by atoms with Gasteiger partial charge in [-0.25, -0.2) is 4.98 Å². The van der Waals surface area contributed by atoms with E-state index in [1.807, 2.05) is 50.2 Å². The highest BCUT2D eigenvalue weighted by molar-refractivity contribution is 7.22. The van der Waals surface area contributed by atoms with Crippen LogP contribution in [0.25, 0.3) is 21.3 Å². The molecule has 0 unspecified atom stereocenters. The number of benzene rings is 2. The number of rotatable bonds is 7. The van der Waals surface area contributed by atoms with Crippen LogP contribution in [0.15, 0.2) is 48.8 Å². The molecular formula is C22H23N5O2S. The van der Waals surface area contributed by atoms with E-state index in [2.05, 4.69) is 9.97 Å². The first-order valence-corrected chi connectivity index (χ1v) is 10.6. The molecule has 0 fully saturated rings. The minimum Gasteiger partial charge on any atom is -0.494 e. The van der Waals surface area contributed by atoms with Crippen LogP contribution < -0.4 is 9.64 Å². The Kier molecular flexibility index (Phi) is 5.87. The van der Waals surface area contributed by atoms with Crippen molar-refractivity contribution in [3.05, 3.63) is 54.4 Å². The van der Waals surface area contributed by atoms with Gasteiger partial charge in [0.2, 0.25) is 0 Å². The summed E-state index contributed by atoms with van der Waals surface area (Å²) in [5.41, 5.74) is 2.88. The van der Waals surface area contributed by atoms with Gasteiger partial charge in [0.15, 0.2) is 5.13 Å². The van der Waals surface area contributed by atoms with Crippen molar-refractivity contribution in [2.24, 2.45) is 0 Å². The number of anilines is 1. The second-order valence-electron chi connectivity index (χ2n) is 7.08. The molecule has 2 aromatic carbocycles. The maximum atomic E-state index is 13.4. The van der Waals surface area contributed by atoms with Crippen molar-refractivity contribution in [3.63, 3.8) is 0 Å². The number of likely N-dealkylation sites (N-methyl/N-ethyl adjacent to an activating group) is 1. The molecule has 0 radical (unpaired) electrons. The van der Waals surface area contributed by atoms with Gasteiger partial charge in [0.25, 0.3) is 5.91 Å². The fourth-order valence-electron chi connectivity index (χ4n) is 3.10. The van der Waals surface area contributed by atoms with Crippen molar-refractivity contribution >= 4 is 43.6 Å². The van der Waals surface area contributed by atoms with Crippen molar-refractivity contribution < 1.29 is 9.53 Å². The summed E-state index contributed by atoms with van der Waals surface area (Å²) < 4.78 is 6.59. The van der Waals surface area contributed by atoms with E-state index in [0.717, 1.165) is 28.0 Å². The third-order valence-corrected chi connectivity index (χ3v) is 5.66. The topological polar surface area (TPSA) is 71.5 Å². The minimum atomic E-state index is -0.103. The Hall–Kier alpha value is -3.10. The second kappa shape index (κ2) is 8.73. The molecule has 4 rings (SSSR count). The number of carbonyl (C=O) groups is 1. The van der Waals surface area contributed by atoms with E-state index in [1.165, 1.54) is 11.3 Å². The lowest BCUT2D eigenvalue weighted by atomic mass is 10.1. The molecule has 0 N–H and O–H groups in total. The summed E-state index contributed by atoms with van der Waals surface area (Å²) in [6, 6.07) is 11.2. The first-order valence-electron chi connectivity index (χ1n) is 9.76. The summed E-state index contributed by atoms with van der Waals surface area (Å²) in [7, 11) is 3.97. The largest absolute Gasteiger partial charge is 0.494 e. The third-order valence-electron chi connectivity index (χ3n) is 4.62. The highest BCUT2D eigenvalue weighted by atomic mass is 32.1. The fourth-order valence-corrected chi connectivity index (χ4v) is 4.12. The number of hydrogen-bond acceptors (Lipinski definition) is 7. The lowest BCUT2D eigenvalue weighted by molar-refractivity contribution is 0.0985. The Balaban J connectivity index is 1.71. The zero-order chi connectivity index (χ0) is 21.1. The van der Waals surface area contributed by atoms with Gasteiger partial charge in [0.05, 0.1) is 27.9 Å². The van der Waals surface area contributed by atoms with Crippen LogP contribution >= 0.6 is 11.3 Å². The Morgan fingerprint density at radius 3 is 2.53 bits per heavy atom. The number of fused-ring (bicyclic) bond motifs is 2. The molecule has 4 aromatic rings. The van der Waals surface area contributed by atoms with E-state index < -0.39 is 0 Å². The first-order chi connectivity index (χ1) is 14.5. The zero-order valence-electron chi connectivity index (χ0n) is 17.2. The van der Waals surface area contributed by atoms with Crippen LogP contribution in [0, 0.1) is 0 Å². The van der Waals surface area contributed by atoms with Gasteiger partial charge in [-0.05, 0) is 57.4 Å². The monoisotopic (exact) mass is 421 g/mol. The number of aromatic nitrogens is 3. The van der Waals surface area contributed by atoms with Gasteiger partial charge < -0.3 is 9.64 Å². The molecule has 0 spiro atoms. The predicted octanol–water partition coefficient (Wildman–Crippen LogP) is 3.85. The molecule has 0 saturated carbocycles. The lowest BCUT2D eigenvalue weighted by Crippen LogP contribution is -2.36. The van der Waals surface area contributed by atoms with E-state index in [1.54, 1.807) is 29.4 Å². The van der Waals surface area contributed by atoms with Gasteiger partial charge in [0, 0.05) is 31.0 Å². The smallest absolute Gasteiger partial charge is 0.260 e. The van der Waals surface area contributed by atoms with Crippen LogP contribution in [-0.2, 0) is 0 Å². The van der Waals surface area contributed by atoms with Gasteiger partial charge in [-0.2, -0.15) is 0 Å². The number of ether oxygens (including phenoxy) is 1. The molecule has 8 heteroatoms. The number of nitrogens with zero attached hydrogens (tertiary/aromatic N) is 5. The molecule has 0 aliphatic rings. The number of carbonyl (C=O) groups excluding carboxylic acids is 1. The summed E-state index contributed by atoms with van der Waals surface area (Å²) in [5.74, 6) is 0.702. The average molecular weight is 422 g/mol. The Morgan fingerprint density at radius 2 is 1.77 bits per heavy atom. The first kappa shape index (κ1) is 20.2. The van der Waals surface area contributed by atoms with Crippen molar-refractivity contribution in [1.82, 2.24) is 19.9 Å². The molecular weight excluding hydrogens is 398 g/mol. The summed E-state index contributed by atoms with van der Waals surface area (Å²) in [6.45, 7) is 3.81. The molecule has 2 aromatic heterocycles. The highest BCUT2D eigenvalue weighted by Gasteiger charge is 2.22. The van der Waals surface area contributed by atoms with Crippen LogP contribution in [0.4, 0.5) is 5.13 Å². The molecule has 2 heterocycles. The van der Waals surface area contributed by atoms with Crippen LogP contribution in [0.3, 0.4) is 0 Å². The average Bonchev–Trinajstić information content (AvgIpc) is 3.16. The van der Waals surface area contributed by atoms with Crippen molar-refractivity contribution in [2.45, 2.75) is 6.92 Å². The molecule has 0 aliphatic carbocycles. The van der Waals surface area contributed by atoms with Gasteiger partial charge in [0.1, 0.15) is 5.75 Å². The van der Waals surface area contributed by atoms with E-state index in [4.69, 9.17) is 9.72 Å². The van der Waals surface area contributed by atoms with E-state index in [-0.39, 0.29) is 5.91 Å². The fraction of sp³-hybridized carbons (Fsp3) is 0.273. The normalized spacial score (nSPS) is 11.3. The van der Waals surface area contributed by atoms with Crippen molar-refractivity contribution in [2.75, 3.05) is 38.7 Å². The van der Waals surface area contributed by atoms with E-state index >= 15 is 0 Å². The quantitative estimate of drug-likeness (QED) is 0.451. The van der Waals surface area contributed by atoms with Crippen LogP contribution in [0.1, 0.15) is 17.3 Å². The van der Waals surface area contributed by atoms with Crippen LogP contribution in [0.2, 0.25) is 0 Å².